The minimum absolute atomic E-state index is 0.533. The van der Waals surface area contributed by atoms with Gasteiger partial charge in [-0.3, -0.25) is 0 Å². The van der Waals surface area contributed by atoms with E-state index in [1.807, 2.05) is 6.07 Å². The molecule has 0 bridgehead atoms. The highest BCUT2D eigenvalue weighted by atomic mass is 35.5. The molecule has 17 heavy (non-hydrogen) atoms. The van der Waals surface area contributed by atoms with Crippen molar-refractivity contribution in [2.24, 2.45) is 0 Å². The van der Waals surface area contributed by atoms with Crippen LogP contribution in [0.3, 0.4) is 0 Å². The molecule has 2 nitrogen and oxygen atoms in total. The Bertz CT molecular complexity index is 527. The molecule has 0 fully saturated rings. The molecule has 1 aromatic carbocycles. The monoisotopic (exact) mass is 266 g/mol. The number of benzene rings is 1. The van der Waals surface area contributed by atoms with Crippen molar-refractivity contribution in [3.05, 3.63) is 57.7 Å². The first-order valence-electron chi connectivity index (χ1n) is 5.25. The van der Waals surface area contributed by atoms with Crippen LogP contribution < -0.4 is 5.32 Å². The molecule has 1 N–H and O–H groups in total. The quantitative estimate of drug-likeness (QED) is 0.896. The topological polar surface area (TPSA) is 24.9 Å². The average molecular weight is 267 g/mol. The number of pyridine rings is 1. The van der Waals surface area contributed by atoms with E-state index in [-0.39, 0.29) is 0 Å². The van der Waals surface area contributed by atoms with Crippen molar-refractivity contribution in [3.63, 3.8) is 0 Å². The van der Waals surface area contributed by atoms with Crippen LogP contribution in [0.15, 0.2) is 36.5 Å². The van der Waals surface area contributed by atoms with Gasteiger partial charge >= 0.3 is 0 Å². The van der Waals surface area contributed by atoms with Crippen molar-refractivity contribution >= 4 is 29.0 Å². The van der Waals surface area contributed by atoms with Crippen molar-refractivity contribution in [1.82, 2.24) is 4.98 Å². The lowest BCUT2D eigenvalue weighted by atomic mass is 10.1. The summed E-state index contributed by atoms with van der Waals surface area (Å²) >= 11 is 11.8. The molecule has 0 saturated carbocycles. The molecule has 0 aliphatic carbocycles. The Labute approximate surface area is 111 Å². The van der Waals surface area contributed by atoms with Crippen molar-refractivity contribution in [2.75, 3.05) is 5.32 Å². The molecular weight excluding hydrogens is 255 g/mol. The number of nitrogens with zero attached hydrogens (tertiary/aromatic N) is 1. The predicted octanol–water partition coefficient (Wildman–Crippen LogP) is 4.31. The molecule has 4 heteroatoms. The normalized spacial score (nSPS) is 10.3. The zero-order valence-electron chi connectivity index (χ0n) is 9.37. The van der Waals surface area contributed by atoms with Gasteiger partial charge < -0.3 is 5.32 Å². The minimum Gasteiger partial charge on any atom is -0.365 e. The van der Waals surface area contributed by atoms with Crippen molar-refractivity contribution < 1.29 is 0 Å². The maximum Gasteiger partial charge on any atom is 0.145 e. The third-order valence-corrected chi connectivity index (χ3v) is 2.85. The Morgan fingerprint density at radius 2 is 2.06 bits per heavy atom. The molecule has 0 spiro atoms. The Morgan fingerprint density at radius 3 is 2.76 bits per heavy atom. The maximum atomic E-state index is 6.02. The molecule has 0 saturated heterocycles. The molecular formula is C13H12Cl2N2. The standard InChI is InChI=1S/C13H12Cl2N2/c1-9-3-2-4-10(5-9)7-16-13-12(15)6-11(14)8-17-13/h2-6,8H,7H2,1H3,(H,16,17). The first-order valence-corrected chi connectivity index (χ1v) is 6.01. The summed E-state index contributed by atoms with van der Waals surface area (Å²) in [4.78, 5) is 4.14. The molecule has 0 radical (unpaired) electrons. The van der Waals surface area contributed by atoms with Crippen LogP contribution in [0.25, 0.3) is 0 Å². The largest absolute Gasteiger partial charge is 0.365 e. The Balaban J connectivity index is 2.07. The van der Waals surface area contributed by atoms with Gasteiger partial charge in [0.15, 0.2) is 0 Å². The van der Waals surface area contributed by atoms with Crippen molar-refractivity contribution in [2.45, 2.75) is 13.5 Å². The van der Waals surface area contributed by atoms with E-state index in [2.05, 4.69) is 35.4 Å². The molecule has 88 valence electrons. The van der Waals surface area contributed by atoms with E-state index in [0.717, 1.165) is 0 Å². The van der Waals surface area contributed by atoms with Gasteiger partial charge in [0.2, 0.25) is 0 Å². The summed E-state index contributed by atoms with van der Waals surface area (Å²) < 4.78 is 0. The summed E-state index contributed by atoms with van der Waals surface area (Å²) in [5.41, 5.74) is 2.43. The first-order chi connectivity index (χ1) is 8.15. The fourth-order valence-electron chi connectivity index (χ4n) is 1.55. The zero-order valence-corrected chi connectivity index (χ0v) is 10.9. The summed E-state index contributed by atoms with van der Waals surface area (Å²) in [6.45, 7) is 2.76. The van der Waals surface area contributed by atoms with Gasteiger partial charge in [-0.05, 0) is 18.6 Å². The Morgan fingerprint density at radius 1 is 1.24 bits per heavy atom. The summed E-state index contributed by atoms with van der Waals surface area (Å²) in [7, 11) is 0. The van der Waals surface area contributed by atoms with Gasteiger partial charge in [-0.15, -0.1) is 0 Å². The second-order valence-electron chi connectivity index (χ2n) is 3.83. The Hall–Kier alpha value is -1.25. The van der Waals surface area contributed by atoms with Crippen LogP contribution in [0.4, 0.5) is 5.82 Å². The van der Waals surface area contributed by atoms with Crippen LogP contribution >= 0.6 is 23.2 Å². The molecule has 0 aliphatic rings. The molecule has 1 heterocycles. The van der Waals surface area contributed by atoms with Crippen LogP contribution in [0.2, 0.25) is 10.0 Å². The van der Waals surface area contributed by atoms with Gasteiger partial charge in [-0.1, -0.05) is 53.0 Å². The lowest BCUT2D eigenvalue weighted by Crippen LogP contribution is -2.01. The molecule has 1 aromatic heterocycles. The van der Waals surface area contributed by atoms with E-state index in [1.54, 1.807) is 12.3 Å². The van der Waals surface area contributed by atoms with Crippen molar-refractivity contribution in [1.29, 1.82) is 0 Å². The number of nitrogens with one attached hydrogen (secondary N) is 1. The fraction of sp³-hybridized carbons (Fsp3) is 0.154. The van der Waals surface area contributed by atoms with Crippen LogP contribution in [0.5, 0.6) is 0 Å². The van der Waals surface area contributed by atoms with Crippen LogP contribution in [-0.4, -0.2) is 4.98 Å². The lowest BCUT2D eigenvalue weighted by molar-refractivity contribution is 1.11. The number of aryl methyl sites for hydroxylation is 1. The minimum atomic E-state index is 0.533. The molecule has 0 unspecified atom stereocenters. The molecule has 0 aliphatic heterocycles. The number of rotatable bonds is 3. The summed E-state index contributed by atoms with van der Waals surface area (Å²) in [5.74, 6) is 0.651. The van der Waals surface area contributed by atoms with Gasteiger partial charge in [0.05, 0.1) is 10.0 Å². The highest BCUT2D eigenvalue weighted by molar-refractivity contribution is 6.35. The molecule has 0 amide bonds. The smallest absolute Gasteiger partial charge is 0.145 e. The summed E-state index contributed by atoms with van der Waals surface area (Å²) in [6, 6.07) is 9.95. The van der Waals surface area contributed by atoms with E-state index in [9.17, 15) is 0 Å². The van der Waals surface area contributed by atoms with Gasteiger partial charge in [0, 0.05) is 12.7 Å². The SMILES string of the molecule is Cc1cccc(CNc2ncc(Cl)cc2Cl)c1. The number of hydrogen-bond donors (Lipinski definition) is 1. The predicted molar refractivity (Wildman–Crippen MR) is 72.8 cm³/mol. The molecule has 2 rings (SSSR count). The maximum absolute atomic E-state index is 6.02. The summed E-state index contributed by atoms with van der Waals surface area (Å²) in [6.07, 6.45) is 1.58. The lowest BCUT2D eigenvalue weighted by Gasteiger charge is -2.08. The third kappa shape index (κ3) is 3.35. The van der Waals surface area contributed by atoms with Crippen LogP contribution in [-0.2, 0) is 6.54 Å². The van der Waals surface area contributed by atoms with E-state index in [4.69, 9.17) is 23.2 Å². The molecule has 0 atom stereocenters. The van der Waals surface area contributed by atoms with E-state index in [0.29, 0.717) is 22.4 Å². The number of aromatic nitrogens is 1. The average Bonchev–Trinajstić information content (AvgIpc) is 2.28. The first kappa shape index (κ1) is 12.2. The van der Waals surface area contributed by atoms with Crippen LogP contribution in [0.1, 0.15) is 11.1 Å². The summed E-state index contributed by atoms with van der Waals surface area (Å²) in [5, 5.41) is 4.25. The zero-order chi connectivity index (χ0) is 12.3. The van der Waals surface area contributed by atoms with Gasteiger partial charge in [-0.25, -0.2) is 4.98 Å². The van der Waals surface area contributed by atoms with E-state index < -0.39 is 0 Å². The van der Waals surface area contributed by atoms with Gasteiger partial charge in [0.25, 0.3) is 0 Å². The van der Waals surface area contributed by atoms with Crippen LogP contribution in [0, 0.1) is 6.92 Å². The van der Waals surface area contributed by atoms with E-state index in [1.165, 1.54) is 11.1 Å². The fourth-order valence-corrected chi connectivity index (χ4v) is 2.00. The van der Waals surface area contributed by atoms with Gasteiger partial charge in [0.1, 0.15) is 5.82 Å². The molecule has 2 aromatic rings. The third-order valence-electron chi connectivity index (χ3n) is 2.35. The highest BCUT2D eigenvalue weighted by Gasteiger charge is 2.02. The van der Waals surface area contributed by atoms with E-state index >= 15 is 0 Å². The second kappa shape index (κ2) is 5.39. The Kier molecular flexibility index (Phi) is 3.87. The number of anilines is 1. The second-order valence-corrected chi connectivity index (χ2v) is 4.67. The van der Waals surface area contributed by atoms with Crippen molar-refractivity contribution in [3.8, 4) is 0 Å². The number of halogens is 2. The number of hydrogen-bond acceptors (Lipinski definition) is 2. The highest BCUT2D eigenvalue weighted by Crippen LogP contribution is 2.22. The van der Waals surface area contributed by atoms with Gasteiger partial charge in [-0.2, -0.15) is 0 Å².